The maximum Gasteiger partial charge on any atom is 0.224 e. The van der Waals surface area contributed by atoms with Crippen molar-refractivity contribution in [2.75, 3.05) is 37.1 Å². The Morgan fingerprint density at radius 1 is 1.40 bits per heavy atom. The number of hydrogen-bond donors (Lipinski definition) is 1. The van der Waals surface area contributed by atoms with Crippen LogP contribution in [-0.4, -0.2) is 46.2 Å². The topological polar surface area (TPSA) is 105 Å². The second-order valence-corrected chi connectivity index (χ2v) is 8.27. The molecule has 1 unspecified atom stereocenters. The average molecular weight is 366 g/mol. The van der Waals surface area contributed by atoms with E-state index in [9.17, 15) is 13.2 Å². The zero-order valence-electron chi connectivity index (χ0n) is 14.2. The van der Waals surface area contributed by atoms with Gasteiger partial charge in [0.1, 0.15) is 12.4 Å². The molecule has 1 heterocycles. The fourth-order valence-electron chi connectivity index (χ4n) is 2.80. The van der Waals surface area contributed by atoms with Gasteiger partial charge in [-0.2, -0.15) is 5.26 Å². The molecule has 1 aliphatic rings. The number of rotatable bonds is 7. The summed E-state index contributed by atoms with van der Waals surface area (Å²) in [5.41, 5.74) is 0.799. The molecule has 1 N–H and O–H groups in total. The molecule has 7 nitrogen and oxygen atoms in total. The quantitative estimate of drug-likeness (QED) is 0.737. The molecule has 0 bridgehead atoms. The van der Waals surface area contributed by atoms with E-state index < -0.39 is 9.84 Å². The second kappa shape index (κ2) is 8.83. The average Bonchev–Trinajstić information content (AvgIpc) is 2.55. The van der Waals surface area contributed by atoms with Gasteiger partial charge in [0.25, 0.3) is 0 Å². The number of nitriles is 1. The van der Waals surface area contributed by atoms with Crippen LogP contribution in [0.5, 0.6) is 5.75 Å². The molecular weight excluding hydrogens is 344 g/mol. The molecule has 2 rings (SSSR count). The highest BCUT2D eigenvalue weighted by Gasteiger charge is 2.26. The van der Waals surface area contributed by atoms with E-state index in [4.69, 9.17) is 14.7 Å². The summed E-state index contributed by atoms with van der Waals surface area (Å²) in [7, 11) is -1.49. The molecule has 1 fully saturated rings. The van der Waals surface area contributed by atoms with E-state index in [-0.39, 0.29) is 29.8 Å². The molecule has 8 heteroatoms. The van der Waals surface area contributed by atoms with Crippen molar-refractivity contribution in [3.63, 3.8) is 0 Å². The molecule has 0 radical (unpaired) electrons. The van der Waals surface area contributed by atoms with Gasteiger partial charge >= 0.3 is 0 Å². The van der Waals surface area contributed by atoms with Crippen LogP contribution in [0, 0.1) is 17.2 Å². The summed E-state index contributed by atoms with van der Waals surface area (Å²) >= 11 is 0. The molecule has 1 aromatic rings. The van der Waals surface area contributed by atoms with E-state index in [0.717, 1.165) is 6.42 Å². The molecule has 1 atom stereocenters. The molecule has 25 heavy (non-hydrogen) atoms. The first-order chi connectivity index (χ1) is 11.9. The van der Waals surface area contributed by atoms with E-state index >= 15 is 0 Å². The summed E-state index contributed by atoms with van der Waals surface area (Å²) in [6.07, 6.45) is 1.45. The lowest BCUT2D eigenvalue weighted by Gasteiger charge is -2.21. The van der Waals surface area contributed by atoms with Crippen molar-refractivity contribution in [3.05, 3.63) is 23.8 Å². The number of nitrogens with one attached hydrogen (secondary N) is 1. The number of anilines is 1. The molecule has 1 amide bonds. The Morgan fingerprint density at radius 3 is 2.88 bits per heavy atom. The fourth-order valence-corrected chi connectivity index (χ4v) is 4.58. The number of carbonyl (C=O) groups excluding carboxylic acids is 1. The second-order valence-electron chi connectivity index (χ2n) is 6.04. The van der Waals surface area contributed by atoms with Crippen LogP contribution in [0.15, 0.2) is 18.2 Å². The standard InChI is InChI=1S/C17H22N2O5S/c1-23-6-7-24-16-5-4-13(11-18)9-15(16)19-17(20)10-14-3-2-8-25(21,22)12-14/h4-5,9,14H,2-3,6-8,10,12H2,1H3,(H,19,20). The van der Waals surface area contributed by atoms with Crippen LogP contribution < -0.4 is 10.1 Å². The minimum atomic E-state index is -3.05. The monoisotopic (exact) mass is 366 g/mol. The SMILES string of the molecule is COCCOc1ccc(C#N)cc1NC(=O)CC1CCCS(=O)(=O)C1. The number of methoxy groups -OCH3 is 1. The molecule has 0 aliphatic carbocycles. The van der Waals surface area contributed by atoms with Crippen LogP contribution in [-0.2, 0) is 19.4 Å². The van der Waals surface area contributed by atoms with Gasteiger partial charge < -0.3 is 14.8 Å². The third-order valence-corrected chi connectivity index (χ3v) is 5.85. The van der Waals surface area contributed by atoms with E-state index in [2.05, 4.69) is 5.32 Å². The number of ether oxygens (including phenoxy) is 2. The molecule has 0 aromatic heterocycles. The number of amides is 1. The van der Waals surface area contributed by atoms with Crippen LogP contribution >= 0.6 is 0 Å². The Hall–Kier alpha value is -2.11. The first-order valence-electron chi connectivity index (χ1n) is 8.09. The van der Waals surface area contributed by atoms with Gasteiger partial charge in [-0.1, -0.05) is 0 Å². The Morgan fingerprint density at radius 2 is 2.20 bits per heavy atom. The summed E-state index contributed by atoms with van der Waals surface area (Å²) in [6, 6.07) is 6.78. The first kappa shape index (κ1) is 19.2. The van der Waals surface area contributed by atoms with Gasteiger partial charge in [-0.05, 0) is 37.0 Å². The summed E-state index contributed by atoms with van der Waals surface area (Å²) < 4.78 is 33.9. The van der Waals surface area contributed by atoms with Gasteiger partial charge in [0, 0.05) is 13.5 Å². The predicted octanol–water partition coefficient (Wildman–Crippen LogP) is 1.74. The molecule has 1 aliphatic heterocycles. The van der Waals surface area contributed by atoms with Crippen LogP contribution in [0.4, 0.5) is 5.69 Å². The van der Waals surface area contributed by atoms with Crippen LogP contribution in [0.25, 0.3) is 0 Å². The molecular formula is C17H22N2O5S. The normalized spacial score (nSPS) is 19.0. The van der Waals surface area contributed by atoms with Gasteiger partial charge in [0.05, 0.1) is 35.4 Å². The Labute approximate surface area is 147 Å². The van der Waals surface area contributed by atoms with Crippen molar-refractivity contribution in [2.24, 2.45) is 5.92 Å². The third-order valence-electron chi connectivity index (χ3n) is 3.96. The summed E-state index contributed by atoms with van der Waals surface area (Å²) in [5, 5.41) is 11.8. The fraction of sp³-hybridized carbons (Fsp3) is 0.529. The number of nitrogens with zero attached hydrogens (tertiary/aromatic N) is 1. The van der Waals surface area contributed by atoms with Crippen molar-refractivity contribution in [1.29, 1.82) is 5.26 Å². The summed E-state index contributed by atoms with van der Waals surface area (Å²) in [5.74, 6) is 0.244. The minimum Gasteiger partial charge on any atom is -0.489 e. The summed E-state index contributed by atoms with van der Waals surface area (Å²) in [6.45, 7) is 0.708. The summed E-state index contributed by atoms with van der Waals surface area (Å²) in [4.78, 5) is 12.3. The Kier molecular flexibility index (Phi) is 6.79. The zero-order chi connectivity index (χ0) is 18.3. The largest absolute Gasteiger partial charge is 0.489 e. The highest BCUT2D eigenvalue weighted by molar-refractivity contribution is 7.91. The van der Waals surface area contributed by atoms with Crippen molar-refractivity contribution in [2.45, 2.75) is 19.3 Å². The maximum atomic E-state index is 12.3. The van der Waals surface area contributed by atoms with Crippen molar-refractivity contribution in [1.82, 2.24) is 0 Å². The lowest BCUT2D eigenvalue weighted by atomic mass is 10.0. The molecule has 0 saturated carbocycles. The third kappa shape index (κ3) is 6.03. The molecule has 1 saturated heterocycles. The van der Waals surface area contributed by atoms with Gasteiger partial charge in [0.2, 0.25) is 5.91 Å². The van der Waals surface area contributed by atoms with Crippen molar-refractivity contribution >= 4 is 21.4 Å². The molecule has 1 aromatic carbocycles. The molecule has 0 spiro atoms. The van der Waals surface area contributed by atoms with Crippen LogP contribution in [0.2, 0.25) is 0 Å². The van der Waals surface area contributed by atoms with E-state index in [1.165, 1.54) is 6.07 Å². The molecule has 136 valence electrons. The van der Waals surface area contributed by atoms with Crippen LogP contribution in [0.3, 0.4) is 0 Å². The maximum absolute atomic E-state index is 12.3. The van der Waals surface area contributed by atoms with Gasteiger partial charge in [-0.15, -0.1) is 0 Å². The van der Waals surface area contributed by atoms with Gasteiger partial charge in [-0.3, -0.25) is 4.79 Å². The number of sulfone groups is 1. The Balaban J connectivity index is 2.04. The van der Waals surface area contributed by atoms with Crippen molar-refractivity contribution < 1.29 is 22.7 Å². The number of benzene rings is 1. The van der Waals surface area contributed by atoms with Gasteiger partial charge in [0.15, 0.2) is 9.84 Å². The van der Waals surface area contributed by atoms with E-state index in [1.54, 1.807) is 19.2 Å². The first-order valence-corrected chi connectivity index (χ1v) is 9.92. The van der Waals surface area contributed by atoms with Gasteiger partial charge in [-0.25, -0.2) is 8.42 Å². The predicted molar refractivity (Wildman–Crippen MR) is 93.2 cm³/mol. The van der Waals surface area contributed by atoms with Crippen LogP contribution in [0.1, 0.15) is 24.8 Å². The number of carbonyl (C=O) groups is 1. The Bertz CT molecular complexity index is 755. The minimum absolute atomic E-state index is 0.0514. The number of hydrogen-bond acceptors (Lipinski definition) is 6. The van der Waals surface area contributed by atoms with Crippen molar-refractivity contribution in [3.8, 4) is 11.8 Å². The highest BCUT2D eigenvalue weighted by atomic mass is 32.2. The lowest BCUT2D eigenvalue weighted by molar-refractivity contribution is -0.117. The van der Waals surface area contributed by atoms with E-state index in [0.29, 0.717) is 36.6 Å². The lowest BCUT2D eigenvalue weighted by Crippen LogP contribution is -2.28. The highest BCUT2D eigenvalue weighted by Crippen LogP contribution is 2.27. The van der Waals surface area contributed by atoms with E-state index in [1.807, 2.05) is 6.07 Å². The smallest absolute Gasteiger partial charge is 0.224 e. The zero-order valence-corrected chi connectivity index (χ0v) is 15.0.